The normalized spacial score (nSPS) is 10.7. The molecule has 24 heavy (non-hydrogen) atoms. The summed E-state index contributed by atoms with van der Waals surface area (Å²) < 4.78 is 3.41. The number of hydrogen-bond donors (Lipinski definition) is 0. The fourth-order valence-corrected chi connectivity index (χ4v) is 2.85. The number of hydrogen-bond acceptors (Lipinski definition) is 7. The van der Waals surface area contributed by atoms with Gasteiger partial charge in [0.05, 0.1) is 10.8 Å². The van der Waals surface area contributed by atoms with Crippen molar-refractivity contribution < 1.29 is 4.92 Å². The predicted molar refractivity (Wildman–Crippen MR) is 88.2 cm³/mol. The number of thioether (sulfide) groups is 1. The summed E-state index contributed by atoms with van der Waals surface area (Å²) in [6, 6.07) is 3.71. The third-order valence-corrected chi connectivity index (χ3v) is 4.08. The molecule has 0 atom stereocenters. The Morgan fingerprint density at radius 1 is 1.33 bits per heavy atom. The van der Waals surface area contributed by atoms with Crippen LogP contribution in [0.1, 0.15) is 0 Å². The summed E-state index contributed by atoms with van der Waals surface area (Å²) in [6.45, 7) is 4.31. The van der Waals surface area contributed by atoms with Crippen molar-refractivity contribution in [2.75, 3.05) is 0 Å². The second-order valence-corrected chi connectivity index (χ2v) is 5.62. The summed E-state index contributed by atoms with van der Waals surface area (Å²) in [6.07, 6.45) is 7.75. The number of nitro groups is 1. The van der Waals surface area contributed by atoms with Gasteiger partial charge in [-0.1, -0.05) is 17.8 Å². The van der Waals surface area contributed by atoms with E-state index in [9.17, 15) is 10.1 Å². The van der Waals surface area contributed by atoms with Crippen molar-refractivity contribution in [1.82, 2.24) is 29.5 Å². The maximum Gasteiger partial charge on any atom is 0.307 e. The Hall–Kier alpha value is -3.01. The van der Waals surface area contributed by atoms with Gasteiger partial charge in [0.25, 0.3) is 0 Å². The van der Waals surface area contributed by atoms with Gasteiger partial charge in [-0.15, -0.1) is 16.8 Å². The van der Waals surface area contributed by atoms with Crippen molar-refractivity contribution in [2.24, 2.45) is 0 Å². The van der Waals surface area contributed by atoms with Crippen molar-refractivity contribution in [3.63, 3.8) is 0 Å². The summed E-state index contributed by atoms with van der Waals surface area (Å²) >= 11 is 1.38. The first-order valence-electron chi connectivity index (χ1n) is 6.93. The second kappa shape index (κ2) is 7.04. The third kappa shape index (κ3) is 3.33. The summed E-state index contributed by atoms with van der Waals surface area (Å²) in [7, 11) is 0. The Kier molecular flexibility index (Phi) is 4.66. The summed E-state index contributed by atoms with van der Waals surface area (Å²) in [5, 5.41) is 23.8. The molecule has 0 saturated heterocycles. The van der Waals surface area contributed by atoms with E-state index in [0.29, 0.717) is 23.4 Å². The van der Waals surface area contributed by atoms with Crippen molar-refractivity contribution in [1.29, 1.82) is 0 Å². The van der Waals surface area contributed by atoms with Crippen LogP contribution in [-0.2, 0) is 12.4 Å². The first-order valence-corrected chi connectivity index (χ1v) is 7.91. The van der Waals surface area contributed by atoms with Gasteiger partial charge in [0, 0.05) is 24.5 Å². The molecule has 0 radical (unpaired) electrons. The first kappa shape index (κ1) is 15.9. The van der Waals surface area contributed by atoms with Gasteiger partial charge in [-0.2, -0.15) is 5.10 Å². The van der Waals surface area contributed by atoms with E-state index in [4.69, 9.17) is 0 Å². The van der Waals surface area contributed by atoms with E-state index in [1.807, 2.05) is 16.7 Å². The highest BCUT2D eigenvalue weighted by Crippen LogP contribution is 2.25. The molecule has 0 fully saturated rings. The zero-order valence-electron chi connectivity index (χ0n) is 12.5. The molecule has 0 aliphatic carbocycles. The fraction of sp³-hybridized carbons (Fsp3) is 0.143. The quantitative estimate of drug-likeness (QED) is 0.281. The van der Waals surface area contributed by atoms with Crippen molar-refractivity contribution in [2.45, 2.75) is 17.6 Å². The molecule has 0 N–H and O–H groups in total. The average Bonchev–Trinajstić information content (AvgIpc) is 3.21. The van der Waals surface area contributed by atoms with Crippen LogP contribution in [0.15, 0.2) is 54.7 Å². The summed E-state index contributed by atoms with van der Waals surface area (Å²) in [5.41, 5.74) is 0.863. The van der Waals surface area contributed by atoms with Crippen molar-refractivity contribution >= 4 is 17.4 Å². The van der Waals surface area contributed by atoms with Crippen LogP contribution in [0.25, 0.3) is 11.4 Å². The summed E-state index contributed by atoms with van der Waals surface area (Å²) in [4.78, 5) is 14.2. The Bertz CT molecular complexity index is 859. The molecule has 3 aromatic heterocycles. The predicted octanol–water partition coefficient (Wildman–Crippen LogP) is 2.38. The lowest BCUT2D eigenvalue weighted by molar-refractivity contribution is -0.385. The molecule has 0 amide bonds. The SMILES string of the molecule is C=CCn1c(SCn2cc([N+](=O)[O-])cn2)nnc1-c1ccncc1. The lowest BCUT2D eigenvalue weighted by atomic mass is 10.2. The van der Waals surface area contributed by atoms with Crippen molar-refractivity contribution in [3.05, 3.63) is 59.7 Å². The molecule has 3 aromatic rings. The Labute approximate surface area is 141 Å². The molecule has 10 heteroatoms. The zero-order chi connectivity index (χ0) is 16.9. The molecule has 0 aromatic carbocycles. The molecule has 0 unspecified atom stereocenters. The molecule has 0 spiro atoms. The lowest BCUT2D eigenvalue weighted by Crippen LogP contribution is -2.02. The monoisotopic (exact) mass is 343 g/mol. The Balaban J connectivity index is 1.81. The topological polar surface area (TPSA) is 105 Å². The molecular weight excluding hydrogens is 330 g/mol. The minimum atomic E-state index is -0.476. The van der Waals surface area contributed by atoms with Crippen LogP contribution in [0.3, 0.4) is 0 Å². The molecular formula is C14H13N7O2S. The van der Waals surface area contributed by atoms with Crippen LogP contribution >= 0.6 is 11.8 Å². The van der Waals surface area contributed by atoms with E-state index in [0.717, 1.165) is 5.56 Å². The molecule has 0 saturated carbocycles. The van der Waals surface area contributed by atoms with E-state index >= 15 is 0 Å². The number of pyridine rings is 1. The maximum absolute atomic E-state index is 10.7. The third-order valence-electron chi connectivity index (χ3n) is 3.12. The van der Waals surface area contributed by atoms with E-state index < -0.39 is 4.92 Å². The molecule has 9 nitrogen and oxygen atoms in total. The zero-order valence-corrected chi connectivity index (χ0v) is 13.3. The van der Waals surface area contributed by atoms with Crippen LogP contribution < -0.4 is 0 Å². The van der Waals surface area contributed by atoms with Gasteiger partial charge in [-0.25, -0.2) is 0 Å². The van der Waals surface area contributed by atoms with Gasteiger partial charge in [-0.05, 0) is 12.1 Å². The Morgan fingerprint density at radius 2 is 2.12 bits per heavy atom. The lowest BCUT2D eigenvalue weighted by Gasteiger charge is -2.07. The van der Waals surface area contributed by atoms with Crippen LogP contribution in [-0.4, -0.2) is 34.5 Å². The number of allylic oxidation sites excluding steroid dienone is 1. The highest BCUT2D eigenvalue weighted by Gasteiger charge is 2.14. The maximum atomic E-state index is 10.7. The molecule has 0 bridgehead atoms. The average molecular weight is 343 g/mol. The standard InChI is InChI=1S/C14H13N7O2S/c1-2-7-20-13(11-3-5-15-6-4-11)17-18-14(20)24-10-19-9-12(8-16-19)21(22)23/h2-6,8-9H,1,7,10H2. The van der Waals surface area contributed by atoms with E-state index in [1.54, 1.807) is 18.5 Å². The van der Waals surface area contributed by atoms with Gasteiger partial charge in [0.15, 0.2) is 11.0 Å². The summed E-state index contributed by atoms with van der Waals surface area (Å²) in [5.74, 6) is 1.10. The first-order chi connectivity index (χ1) is 11.7. The highest BCUT2D eigenvalue weighted by molar-refractivity contribution is 7.98. The Morgan fingerprint density at radius 3 is 2.79 bits per heavy atom. The van der Waals surface area contributed by atoms with E-state index in [1.165, 1.54) is 28.8 Å². The van der Waals surface area contributed by atoms with Gasteiger partial charge in [0.2, 0.25) is 0 Å². The molecule has 0 aliphatic heterocycles. The van der Waals surface area contributed by atoms with Crippen LogP contribution in [0.2, 0.25) is 0 Å². The second-order valence-electron chi connectivity index (χ2n) is 4.71. The largest absolute Gasteiger partial charge is 0.307 e. The van der Waals surface area contributed by atoms with Gasteiger partial charge in [-0.3, -0.25) is 24.3 Å². The van der Waals surface area contributed by atoms with Crippen LogP contribution in [0, 0.1) is 10.1 Å². The molecule has 3 rings (SSSR count). The van der Waals surface area contributed by atoms with Crippen LogP contribution in [0.4, 0.5) is 5.69 Å². The minimum absolute atomic E-state index is 0.0411. The van der Waals surface area contributed by atoms with Gasteiger partial charge in [0.1, 0.15) is 12.4 Å². The van der Waals surface area contributed by atoms with E-state index in [-0.39, 0.29) is 5.69 Å². The molecule has 0 aliphatic rings. The minimum Gasteiger partial charge on any atom is -0.298 e. The number of nitrogens with zero attached hydrogens (tertiary/aromatic N) is 7. The van der Waals surface area contributed by atoms with Gasteiger partial charge >= 0.3 is 5.69 Å². The van der Waals surface area contributed by atoms with Crippen molar-refractivity contribution in [3.8, 4) is 11.4 Å². The highest BCUT2D eigenvalue weighted by atomic mass is 32.2. The van der Waals surface area contributed by atoms with Crippen LogP contribution in [0.5, 0.6) is 0 Å². The molecule has 3 heterocycles. The number of aromatic nitrogens is 6. The number of rotatable bonds is 7. The smallest absolute Gasteiger partial charge is 0.298 e. The van der Waals surface area contributed by atoms with E-state index in [2.05, 4.69) is 26.9 Å². The fourth-order valence-electron chi connectivity index (χ4n) is 2.05. The van der Waals surface area contributed by atoms with Gasteiger partial charge < -0.3 is 0 Å². The molecule has 122 valence electrons.